The molecule has 0 aliphatic heterocycles. The third kappa shape index (κ3) is 6.08. The zero-order chi connectivity index (χ0) is 12.7. The molecule has 1 aromatic rings. The molecule has 17 heavy (non-hydrogen) atoms. The van der Waals surface area contributed by atoms with Crippen LogP contribution < -0.4 is 15.4 Å². The van der Waals surface area contributed by atoms with Crippen LogP contribution in [0.3, 0.4) is 0 Å². The third-order valence-electron chi connectivity index (χ3n) is 2.03. The van der Waals surface area contributed by atoms with Gasteiger partial charge in [-0.05, 0) is 18.6 Å². The number of nitrogens with zero attached hydrogens (tertiary/aromatic N) is 1. The van der Waals surface area contributed by atoms with E-state index in [1.165, 1.54) is 0 Å². The lowest BCUT2D eigenvalue weighted by Crippen LogP contribution is -2.24. The number of nitrogens with one attached hydrogen (secondary N) is 3. The predicted octanol–water partition coefficient (Wildman–Crippen LogP) is 0.474. The Morgan fingerprint density at radius 3 is 2.59 bits per heavy atom. The lowest BCUT2D eigenvalue weighted by molar-refractivity contribution is 0.586. The third-order valence-corrected chi connectivity index (χ3v) is 2.76. The summed E-state index contributed by atoms with van der Waals surface area (Å²) < 4.78 is 24.0. The maximum absolute atomic E-state index is 10.8. The van der Waals surface area contributed by atoms with Gasteiger partial charge in [-0.2, -0.15) is 0 Å². The fourth-order valence-corrected chi connectivity index (χ4v) is 1.75. The molecule has 6 nitrogen and oxygen atoms in total. The average molecular weight is 258 g/mol. The summed E-state index contributed by atoms with van der Waals surface area (Å²) in [5, 5.41) is 6.07. The second-order valence-electron chi connectivity index (χ2n) is 3.60. The van der Waals surface area contributed by atoms with Crippen LogP contribution in [-0.4, -0.2) is 39.8 Å². The van der Waals surface area contributed by atoms with Crippen LogP contribution in [0.5, 0.6) is 0 Å². The number of rotatable bonds is 7. The highest BCUT2D eigenvalue weighted by Gasteiger charge is 1.99. The molecule has 0 unspecified atom stereocenters. The molecule has 0 aliphatic carbocycles. The van der Waals surface area contributed by atoms with Gasteiger partial charge in [-0.1, -0.05) is 6.07 Å². The molecule has 1 aromatic heterocycles. The van der Waals surface area contributed by atoms with Gasteiger partial charge in [0.1, 0.15) is 11.6 Å². The van der Waals surface area contributed by atoms with Crippen molar-refractivity contribution >= 4 is 21.7 Å². The molecule has 1 heterocycles. The Labute approximate surface area is 102 Å². The van der Waals surface area contributed by atoms with Gasteiger partial charge >= 0.3 is 0 Å². The van der Waals surface area contributed by atoms with Gasteiger partial charge in [0.2, 0.25) is 10.0 Å². The van der Waals surface area contributed by atoms with Crippen LogP contribution in [0.15, 0.2) is 18.2 Å². The molecule has 0 saturated heterocycles. The first-order valence-electron chi connectivity index (χ1n) is 5.34. The number of aromatic nitrogens is 1. The van der Waals surface area contributed by atoms with Crippen LogP contribution in [0.1, 0.15) is 6.42 Å². The highest BCUT2D eigenvalue weighted by molar-refractivity contribution is 7.88. The molecule has 3 N–H and O–H groups in total. The Kier molecular flexibility index (Phi) is 5.17. The van der Waals surface area contributed by atoms with Gasteiger partial charge in [0.25, 0.3) is 0 Å². The van der Waals surface area contributed by atoms with Crippen molar-refractivity contribution in [3.05, 3.63) is 18.2 Å². The van der Waals surface area contributed by atoms with Gasteiger partial charge in [0.05, 0.1) is 6.26 Å². The molecule has 7 heteroatoms. The molecular formula is C10H18N4O2S. The predicted molar refractivity (Wildman–Crippen MR) is 69.7 cm³/mol. The van der Waals surface area contributed by atoms with E-state index in [9.17, 15) is 8.42 Å². The molecule has 0 amide bonds. The Morgan fingerprint density at radius 2 is 1.94 bits per heavy atom. The number of hydrogen-bond acceptors (Lipinski definition) is 5. The molecule has 0 radical (unpaired) electrons. The van der Waals surface area contributed by atoms with E-state index in [0.29, 0.717) is 19.5 Å². The van der Waals surface area contributed by atoms with E-state index >= 15 is 0 Å². The second-order valence-corrected chi connectivity index (χ2v) is 5.44. The first-order chi connectivity index (χ1) is 8.01. The van der Waals surface area contributed by atoms with Crippen molar-refractivity contribution in [3.63, 3.8) is 0 Å². The van der Waals surface area contributed by atoms with Gasteiger partial charge in [-0.25, -0.2) is 18.1 Å². The first kappa shape index (κ1) is 13.7. The summed E-state index contributed by atoms with van der Waals surface area (Å²) in [5.74, 6) is 1.57. The van der Waals surface area contributed by atoms with Crippen molar-refractivity contribution in [3.8, 4) is 0 Å². The van der Waals surface area contributed by atoms with E-state index in [1.54, 1.807) is 0 Å². The molecule has 0 atom stereocenters. The summed E-state index contributed by atoms with van der Waals surface area (Å²) >= 11 is 0. The Bertz CT molecular complexity index is 447. The average Bonchev–Trinajstić information content (AvgIpc) is 2.27. The quantitative estimate of drug-likeness (QED) is 0.619. The summed E-state index contributed by atoms with van der Waals surface area (Å²) in [7, 11) is -1.28. The molecule has 0 aliphatic rings. The summed E-state index contributed by atoms with van der Waals surface area (Å²) in [5.41, 5.74) is 0. The monoisotopic (exact) mass is 258 g/mol. The van der Waals surface area contributed by atoms with Crippen LogP contribution in [0.25, 0.3) is 0 Å². The number of hydrogen-bond donors (Lipinski definition) is 3. The van der Waals surface area contributed by atoms with Gasteiger partial charge in [-0.15, -0.1) is 0 Å². The minimum atomic E-state index is -3.08. The van der Waals surface area contributed by atoms with E-state index in [1.807, 2.05) is 25.2 Å². The van der Waals surface area contributed by atoms with Crippen molar-refractivity contribution in [2.24, 2.45) is 0 Å². The van der Waals surface area contributed by atoms with Crippen LogP contribution >= 0.6 is 0 Å². The number of pyridine rings is 1. The minimum Gasteiger partial charge on any atom is -0.373 e. The molecule has 0 bridgehead atoms. The van der Waals surface area contributed by atoms with Crippen molar-refractivity contribution < 1.29 is 8.42 Å². The maximum Gasteiger partial charge on any atom is 0.208 e. The second kappa shape index (κ2) is 6.41. The van der Waals surface area contributed by atoms with Crippen molar-refractivity contribution in [2.75, 3.05) is 37.0 Å². The van der Waals surface area contributed by atoms with Gasteiger partial charge in [0.15, 0.2) is 0 Å². The fraction of sp³-hybridized carbons (Fsp3) is 0.500. The Hall–Kier alpha value is -1.34. The van der Waals surface area contributed by atoms with Crippen molar-refractivity contribution in [1.29, 1.82) is 0 Å². The summed E-state index contributed by atoms with van der Waals surface area (Å²) in [4.78, 5) is 4.28. The number of anilines is 2. The van der Waals surface area contributed by atoms with Crippen LogP contribution in [0.2, 0.25) is 0 Å². The van der Waals surface area contributed by atoms with Crippen molar-refractivity contribution in [1.82, 2.24) is 9.71 Å². The molecule has 0 saturated carbocycles. The maximum atomic E-state index is 10.8. The lowest BCUT2D eigenvalue weighted by atomic mass is 10.4. The number of sulfonamides is 1. The standard InChI is InChI=1S/C10H18N4O2S/c1-11-9-5-3-6-10(14-9)12-7-4-8-13-17(2,15)16/h3,5-6,13H,4,7-8H2,1-2H3,(H2,11,12,14). The smallest absolute Gasteiger partial charge is 0.208 e. The molecule has 1 rings (SSSR count). The largest absolute Gasteiger partial charge is 0.373 e. The molecule has 0 aromatic carbocycles. The topological polar surface area (TPSA) is 83.1 Å². The fourth-order valence-electron chi connectivity index (χ4n) is 1.23. The van der Waals surface area contributed by atoms with Gasteiger partial charge < -0.3 is 10.6 Å². The minimum absolute atomic E-state index is 0.428. The zero-order valence-corrected chi connectivity index (χ0v) is 10.8. The van der Waals surface area contributed by atoms with E-state index in [0.717, 1.165) is 17.9 Å². The molecule has 96 valence electrons. The SMILES string of the molecule is CNc1cccc(NCCCNS(C)(=O)=O)n1. The van der Waals surface area contributed by atoms with E-state index in [4.69, 9.17) is 0 Å². The van der Waals surface area contributed by atoms with E-state index in [2.05, 4.69) is 20.3 Å². The lowest BCUT2D eigenvalue weighted by Gasteiger charge is -2.07. The summed E-state index contributed by atoms with van der Waals surface area (Å²) in [6, 6.07) is 5.64. The van der Waals surface area contributed by atoms with Crippen LogP contribution in [0, 0.1) is 0 Å². The van der Waals surface area contributed by atoms with Gasteiger partial charge in [-0.3, -0.25) is 0 Å². The molecular weight excluding hydrogens is 240 g/mol. The van der Waals surface area contributed by atoms with Crippen molar-refractivity contribution in [2.45, 2.75) is 6.42 Å². The summed E-state index contributed by atoms with van der Waals surface area (Å²) in [6.07, 6.45) is 1.86. The van der Waals surface area contributed by atoms with E-state index in [-0.39, 0.29) is 0 Å². The first-order valence-corrected chi connectivity index (χ1v) is 7.24. The Morgan fingerprint density at radius 1 is 1.24 bits per heavy atom. The Balaban J connectivity index is 2.26. The highest BCUT2D eigenvalue weighted by Crippen LogP contribution is 2.07. The highest BCUT2D eigenvalue weighted by atomic mass is 32.2. The molecule has 0 fully saturated rings. The van der Waals surface area contributed by atoms with Crippen LogP contribution in [-0.2, 0) is 10.0 Å². The van der Waals surface area contributed by atoms with E-state index < -0.39 is 10.0 Å². The van der Waals surface area contributed by atoms with Crippen LogP contribution in [0.4, 0.5) is 11.6 Å². The summed E-state index contributed by atoms with van der Waals surface area (Å²) in [6.45, 7) is 1.10. The zero-order valence-electron chi connectivity index (χ0n) is 10.0. The molecule has 0 spiro atoms. The van der Waals surface area contributed by atoms with Gasteiger partial charge in [0, 0.05) is 20.1 Å². The normalized spacial score (nSPS) is 11.2.